The van der Waals surface area contributed by atoms with Crippen LogP contribution in [-0.2, 0) is 9.53 Å². The molecule has 0 spiro atoms. The van der Waals surface area contributed by atoms with Crippen molar-refractivity contribution >= 4 is 23.4 Å². The number of nitrogens with zero attached hydrogens (tertiary/aromatic N) is 1. The van der Waals surface area contributed by atoms with Gasteiger partial charge in [-0.3, -0.25) is 4.79 Å². The zero-order valence-corrected chi connectivity index (χ0v) is 10.8. The Balaban J connectivity index is 3.39. The minimum atomic E-state index is -0.960. The van der Waals surface area contributed by atoms with Crippen molar-refractivity contribution in [1.82, 2.24) is 0 Å². The van der Waals surface area contributed by atoms with E-state index in [1.165, 1.54) is 13.0 Å². The van der Waals surface area contributed by atoms with Gasteiger partial charge in [-0.2, -0.15) is 5.26 Å². The number of halogens is 1. The van der Waals surface area contributed by atoms with Gasteiger partial charge < -0.3 is 4.74 Å². The van der Waals surface area contributed by atoms with Gasteiger partial charge in [0.2, 0.25) is 0 Å². The van der Waals surface area contributed by atoms with Gasteiger partial charge in [0, 0.05) is 0 Å². The summed E-state index contributed by atoms with van der Waals surface area (Å²) in [5, 5.41) is 8.03. The first-order chi connectivity index (χ1) is 8.52. The molecule has 18 heavy (non-hydrogen) atoms. The topological polar surface area (TPSA) is 67.2 Å². The van der Waals surface area contributed by atoms with Gasteiger partial charge in [-0.05, 0) is 25.5 Å². The number of benzene rings is 1. The molecule has 1 aromatic rings. The minimum absolute atomic E-state index is 0.0667. The number of alkyl halides is 1. The van der Waals surface area contributed by atoms with Crippen molar-refractivity contribution in [2.45, 2.75) is 19.2 Å². The van der Waals surface area contributed by atoms with E-state index in [4.69, 9.17) is 21.6 Å². The fourth-order valence-electron chi connectivity index (χ4n) is 1.52. The Bertz CT molecular complexity index is 519. The zero-order valence-electron chi connectivity index (χ0n) is 10.1. The van der Waals surface area contributed by atoms with Crippen molar-refractivity contribution in [3.8, 4) is 6.07 Å². The molecule has 0 radical (unpaired) electrons. The summed E-state index contributed by atoms with van der Waals surface area (Å²) in [5.74, 6) is -0.936. The lowest BCUT2D eigenvalue weighted by Crippen LogP contribution is -2.14. The molecule has 0 saturated heterocycles. The summed E-state index contributed by atoms with van der Waals surface area (Å²) in [6, 6.07) is 6.51. The number of rotatable bonds is 4. The van der Waals surface area contributed by atoms with Crippen LogP contribution in [0.4, 0.5) is 0 Å². The molecule has 0 N–H and O–H groups in total. The van der Waals surface area contributed by atoms with Crippen molar-refractivity contribution in [3.63, 3.8) is 0 Å². The molecule has 0 bridgehead atoms. The van der Waals surface area contributed by atoms with Crippen LogP contribution >= 0.6 is 11.6 Å². The molecule has 4 nitrogen and oxygen atoms in total. The highest BCUT2D eigenvalue weighted by atomic mass is 35.5. The highest BCUT2D eigenvalue weighted by molar-refractivity contribution is 6.31. The number of Topliss-reactive ketones (excluding diaryl/α,β-unsaturated/α-hetero) is 1. The number of hydrogen-bond donors (Lipinski definition) is 0. The molecule has 0 fully saturated rings. The lowest BCUT2D eigenvalue weighted by molar-refractivity contribution is -0.116. The van der Waals surface area contributed by atoms with Crippen molar-refractivity contribution in [2.24, 2.45) is 0 Å². The molecule has 0 heterocycles. The first kappa shape index (κ1) is 14.2. The summed E-state index contributed by atoms with van der Waals surface area (Å²) in [6.45, 7) is 3.17. The van der Waals surface area contributed by atoms with Gasteiger partial charge in [0.25, 0.3) is 0 Å². The van der Waals surface area contributed by atoms with Crippen LogP contribution in [0.15, 0.2) is 18.2 Å². The average Bonchev–Trinajstić information content (AvgIpc) is 2.36. The van der Waals surface area contributed by atoms with Crippen molar-refractivity contribution in [1.29, 1.82) is 5.26 Å². The third kappa shape index (κ3) is 2.88. The monoisotopic (exact) mass is 265 g/mol. The highest BCUT2D eigenvalue weighted by Gasteiger charge is 2.24. The van der Waals surface area contributed by atoms with E-state index in [2.05, 4.69) is 0 Å². The van der Waals surface area contributed by atoms with Gasteiger partial charge in [0.05, 0.1) is 17.7 Å². The molecule has 0 saturated carbocycles. The Morgan fingerprint density at radius 3 is 2.67 bits per heavy atom. The number of carbonyl (C=O) groups is 2. The summed E-state index contributed by atoms with van der Waals surface area (Å²) >= 11 is 5.95. The third-order valence-corrected chi connectivity index (χ3v) is 2.87. The number of nitriles is 1. The molecular weight excluding hydrogens is 254 g/mol. The van der Waals surface area contributed by atoms with E-state index >= 15 is 0 Å². The van der Waals surface area contributed by atoms with Crippen LogP contribution in [0.3, 0.4) is 0 Å². The van der Waals surface area contributed by atoms with Crippen LogP contribution in [0, 0.1) is 11.3 Å². The predicted octanol–water partition coefficient (Wildman–Crippen LogP) is 2.60. The van der Waals surface area contributed by atoms with Gasteiger partial charge in [-0.25, -0.2) is 4.79 Å². The van der Waals surface area contributed by atoms with E-state index in [0.29, 0.717) is 5.56 Å². The molecule has 94 valence electrons. The van der Waals surface area contributed by atoms with E-state index < -0.39 is 11.3 Å². The lowest BCUT2D eigenvalue weighted by Gasteiger charge is -2.12. The molecule has 0 aliphatic carbocycles. The van der Waals surface area contributed by atoms with Gasteiger partial charge >= 0.3 is 5.97 Å². The van der Waals surface area contributed by atoms with Crippen LogP contribution in [0.2, 0.25) is 0 Å². The second-order valence-electron chi connectivity index (χ2n) is 3.58. The second-order valence-corrected chi connectivity index (χ2v) is 4.01. The molecule has 1 rings (SSSR count). The van der Waals surface area contributed by atoms with Crippen molar-refractivity contribution in [2.75, 3.05) is 6.61 Å². The Hall–Kier alpha value is -1.86. The Morgan fingerprint density at radius 1 is 1.50 bits per heavy atom. The molecule has 1 unspecified atom stereocenters. The summed E-state index contributed by atoms with van der Waals surface area (Å²) < 4.78 is 4.88. The highest BCUT2D eigenvalue weighted by Crippen LogP contribution is 2.27. The van der Waals surface area contributed by atoms with E-state index in [9.17, 15) is 9.59 Å². The lowest BCUT2D eigenvalue weighted by atomic mass is 9.97. The smallest absolute Gasteiger partial charge is 0.339 e. The first-order valence-corrected chi connectivity index (χ1v) is 5.81. The number of ether oxygens (including phenoxy) is 1. The van der Waals surface area contributed by atoms with Crippen LogP contribution in [0.25, 0.3) is 0 Å². The van der Waals surface area contributed by atoms with E-state index in [1.807, 2.05) is 6.07 Å². The number of hydrogen-bond acceptors (Lipinski definition) is 4. The zero-order chi connectivity index (χ0) is 13.7. The standard InChI is InChI=1S/C13H12ClNO3/c1-3-18-13(17)11-9(7-15)5-4-6-10(11)12(14)8(2)16/h4-6,12H,3H2,1-2H3. The summed E-state index contributed by atoms with van der Waals surface area (Å²) in [6.07, 6.45) is 0. The SMILES string of the molecule is CCOC(=O)c1c(C#N)cccc1C(Cl)C(C)=O. The van der Waals surface area contributed by atoms with Crippen molar-refractivity contribution in [3.05, 3.63) is 34.9 Å². The molecule has 0 aliphatic heterocycles. The van der Waals surface area contributed by atoms with Crippen LogP contribution in [-0.4, -0.2) is 18.4 Å². The normalized spacial score (nSPS) is 11.4. The molecule has 0 aliphatic rings. The minimum Gasteiger partial charge on any atom is -0.462 e. The number of ketones is 1. The molecular formula is C13H12ClNO3. The first-order valence-electron chi connectivity index (χ1n) is 5.37. The summed E-state index contributed by atoms with van der Waals surface area (Å²) in [7, 11) is 0. The van der Waals surface area contributed by atoms with Crippen LogP contribution in [0.5, 0.6) is 0 Å². The summed E-state index contributed by atoms with van der Waals surface area (Å²) in [4.78, 5) is 23.1. The maximum absolute atomic E-state index is 11.8. The Kier molecular flexibility index (Phi) is 4.87. The molecule has 0 aromatic heterocycles. The van der Waals surface area contributed by atoms with Crippen LogP contribution < -0.4 is 0 Å². The van der Waals surface area contributed by atoms with Gasteiger partial charge in [0.1, 0.15) is 11.4 Å². The third-order valence-electron chi connectivity index (χ3n) is 2.33. The van der Waals surface area contributed by atoms with Crippen LogP contribution in [0.1, 0.15) is 40.7 Å². The second kappa shape index (κ2) is 6.18. The molecule has 0 amide bonds. The quantitative estimate of drug-likeness (QED) is 0.620. The fraction of sp³-hybridized carbons (Fsp3) is 0.308. The number of esters is 1. The van der Waals surface area contributed by atoms with E-state index in [0.717, 1.165) is 0 Å². The summed E-state index contributed by atoms with van der Waals surface area (Å²) in [5.41, 5.74) is 0.525. The van der Waals surface area contributed by atoms with E-state index in [1.54, 1.807) is 19.1 Å². The largest absolute Gasteiger partial charge is 0.462 e. The van der Waals surface area contributed by atoms with E-state index in [-0.39, 0.29) is 23.5 Å². The average molecular weight is 266 g/mol. The Morgan fingerprint density at radius 2 is 2.17 bits per heavy atom. The fourth-order valence-corrected chi connectivity index (χ4v) is 1.71. The molecule has 1 aromatic carbocycles. The van der Waals surface area contributed by atoms with Gasteiger partial charge in [0.15, 0.2) is 5.78 Å². The van der Waals surface area contributed by atoms with Gasteiger partial charge in [-0.1, -0.05) is 12.1 Å². The predicted molar refractivity (Wildman–Crippen MR) is 66.4 cm³/mol. The maximum atomic E-state index is 11.8. The molecule has 1 atom stereocenters. The maximum Gasteiger partial charge on any atom is 0.339 e. The molecule has 5 heteroatoms. The van der Waals surface area contributed by atoms with Crippen molar-refractivity contribution < 1.29 is 14.3 Å². The van der Waals surface area contributed by atoms with Gasteiger partial charge in [-0.15, -0.1) is 11.6 Å². The Labute approximate surface area is 110 Å². The number of carbonyl (C=O) groups excluding carboxylic acids is 2.